The minimum atomic E-state index is 0.642. The van der Waals surface area contributed by atoms with Crippen LogP contribution in [0.15, 0.2) is 42.0 Å². The van der Waals surface area contributed by atoms with E-state index in [1.807, 2.05) is 40.6 Å². The van der Waals surface area contributed by atoms with E-state index in [0.717, 1.165) is 48.5 Å². The number of hydrogen-bond acceptors (Lipinski definition) is 5. The van der Waals surface area contributed by atoms with E-state index < -0.39 is 0 Å². The van der Waals surface area contributed by atoms with Crippen LogP contribution in [0.4, 0.5) is 0 Å². The Morgan fingerprint density at radius 3 is 2.78 bits per heavy atom. The van der Waals surface area contributed by atoms with Crippen molar-refractivity contribution in [3.63, 3.8) is 0 Å². The second kappa shape index (κ2) is 8.93. The van der Waals surface area contributed by atoms with E-state index in [4.69, 9.17) is 0 Å². The van der Waals surface area contributed by atoms with Crippen molar-refractivity contribution < 1.29 is 0 Å². The smallest absolute Gasteiger partial charge is 0.191 e. The van der Waals surface area contributed by atoms with Crippen molar-refractivity contribution in [2.75, 3.05) is 13.6 Å². The van der Waals surface area contributed by atoms with E-state index in [0.29, 0.717) is 6.54 Å². The Labute approximate surface area is 158 Å². The summed E-state index contributed by atoms with van der Waals surface area (Å²) in [6.45, 7) is 6.19. The number of aryl methyl sites for hydroxylation is 2. The first-order valence-corrected chi connectivity index (χ1v) is 8.97. The van der Waals surface area contributed by atoms with Gasteiger partial charge < -0.3 is 15.2 Å². The number of aliphatic imine (C=N–C) groups is 1. The molecule has 0 aromatic carbocycles. The minimum Gasteiger partial charge on any atom is -0.355 e. The zero-order valence-electron chi connectivity index (χ0n) is 15.9. The molecule has 0 amide bonds. The number of hydrogen-bond donors (Lipinski definition) is 2. The summed E-state index contributed by atoms with van der Waals surface area (Å²) in [6, 6.07) is 4.03. The lowest BCUT2D eigenvalue weighted by molar-refractivity contribution is 0.632. The molecule has 0 fully saturated rings. The van der Waals surface area contributed by atoms with Gasteiger partial charge in [0.1, 0.15) is 23.8 Å². The van der Waals surface area contributed by atoms with Crippen LogP contribution >= 0.6 is 0 Å². The van der Waals surface area contributed by atoms with E-state index in [2.05, 4.69) is 42.7 Å². The zero-order chi connectivity index (χ0) is 19.1. The highest BCUT2D eigenvalue weighted by molar-refractivity contribution is 5.79. The Hall–Kier alpha value is -3.23. The van der Waals surface area contributed by atoms with Crippen LogP contribution in [0.5, 0.6) is 0 Å². The summed E-state index contributed by atoms with van der Waals surface area (Å²) in [5.41, 5.74) is 1.08. The molecule has 9 nitrogen and oxygen atoms in total. The fraction of sp³-hybridized carbons (Fsp3) is 0.389. The van der Waals surface area contributed by atoms with Gasteiger partial charge in [0.2, 0.25) is 0 Å². The quantitative estimate of drug-likeness (QED) is 0.479. The van der Waals surface area contributed by atoms with Gasteiger partial charge in [-0.05, 0) is 18.6 Å². The second-order valence-corrected chi connectivity index (χ2v) is 6.02. The van der Waals surface area contributed by atoms with Crippen LogP contribution in [0.25, 0.3) is 5.82 Å². The lowest BCUT2D eigenvalue weighted by Crippen LogP contribution is -2.38. The molecule has 0 saturated carbocycles. The maximum Gasteiger partial charge on any atom is 0.191 e. The molecule has 2 N–H and O–H groups in total. The van der Waals surface area contributed by atoms with Gasteiger partial charge in [-0.3, -0.25) is 9.56 Å². The van der Waals surface area contributed by atoms with Crippen molar-refractivity contribution in [3.05, 3.63) is 54.3 Å². The highest BCUT2D eigenvalue weighted by atomic mass is 15.3. The number of rotatable bonds is 7. The SMILES string of the molecule is CCc1nncn1CCNC(=NC)NCc1ccc(-n2ccnc2C)nc1. The normalized spacial score (nSPS) is 11.6. The molecule has 9 heteroatoms. The van der Waals surface area contributed by atoms with Gasteiger partial charge in [0, 0.05) is 51.7 Å². The van der Waals surface area contributed by atoms with Crippen molar-refractivity contribution >= 4 is 5.96 Å². The number of aromatic nitrogens is 6. The second-order valence-electron chi connectivity index (χ2n) is 6.02. The minimum absolute atomic E-state index is 0.642. The molecule has 0 spiro atoms. The van der Waals surface area contributed by atoms with Crippen molar-refractivity contribution in [2.45, 2.75) is 33.4 Å². The number of nitrogens with zero attached hydrogens (tertiary/aromatic N) is 7. The molecule has 0 atom stereocenters. The predicted molar refractivity (Wildman–Crippen MR) is 104 cm³/mol. The molecule has 3 rings (SSSR count). The standard InChI is InChI=1S/C18H25N9/c1-4-16-25-24-13-26(16)9-7-21-18(19-3)23-12-15-5-6-17(22-11-15)27-10-8-20-14(27)2/h5-6,8,10-11,13H,4,7,9,12H2,1-3H3,(H2,19,21,23). The van der Waals surface area contributed by atoms with Gasteiger partial charge in [0.15, 0.2) is 5.96 Å². The van der Waals surface area contributed by atoms with Crippen molar-refractivity contribution in [2.24, 2.45) is 4.99 Å². The fourth-order valence-corrected chi connectivity index (χ4v) is 2.72. The van der Waals surface area contributed by atoms with Crippen LogP contribution in [0, 0.1) is 6.92 Å². The molecule has 3 heterocycles. The molecule has 0 bridgehead atoms. The van der Waals surface area contributed by atoms with E-state index in [9.17, 15) is 0 Å². The van der Waals surface area contributed by atoms with E-state index in [1.54, 1.807) is 19.6 Å². The number of imidazole rings is 1. The highest BCUT2D eigenvalue weighted by Gasteiger charge is 2.04. The molecule has 0 radical (unpaired) electrons. The predicted octanol–water partition coefficient (Wildman–Crippen LogP) is 1.09. The Kier molecular flexibility index (Phi) is 6.14. The number of guanidine groups is 1. The molecule has 0 unspecified atom stereocenters. The van der Waals surface area contributed by atoms with Crippen LogP contribution < -0.4 is 10.6 Å². The summed E-state index contributed by atoms with van der Waals surface area (Å²) < 4.78 is 3.99. The molecule has 27 heavy (non-hydrogen) atoms. The van der Waals surface area contributed by atoms with Crippen LogP contribution in [-0.2, 0) is 19.5 Å². The summed E-state index contributed by atoms with van der Waals surface area (Å²) in [4.78, 5) is 13.0. The molecule has 0 saturated heterocycles. The lowest BCUT2D eigenvalue weighted by Gasteiger charge is -2.13. The van der Waals surface area contributed by atoms with Gasteiger partial charge in [-0.15, -0.1) is 10.2 Å². The summed E-state index contributed by atoms with van der Waals surface area (Å²) in [5.74, 6) is 3.50. The Bertz CT molecular complexity index is 876. The van der Waals surface area contributed by atoms with Crippen LogP contribution in [0.1, 0.15) is 24.1 Å². The summed E-state index contributed by atoms with van der Waals surface area (Å²) in [6.07, 6.45) is 8.16. The first kappa shape index (κ1) is 18.6. The van der Waals surface area contributed by atoms with Crippen LogP contribution in [0.2, 0.25) is 0 Å². The molecule has 3 aromatic heterocycles. The molecule has 3 aromatic rings. The summed E-state index contributed by atoms with van der Waals surface area (Å²) >= 11 is 0. The van der Waals surface area contributed by atoms with Gasteiger partial charge in [0.05, 0.1) is 0 Å². The molecule has 0 aliphatic rings. The van der Waals surface area contributed by atoms with Crippen molar-refractivity contribution in [1.82, 2.24) is 39.9 Å². The number of nitrogens with one attached hydrogen (secondary N) is 2. The van der Waals surface area contributed by atoms with Crippen LogP contribution in [-0.4, -0.2) is 48.9 Å². The van der Waals surface area contributed by atoms with Gasteiger partial charge in [-0.2, -0.15) is 0 Å². The average Bonchev–Trinajstić information content (AvgIpc) is 3.33. The summed E-state index contributed by atoms with van der Waals surface area (Å²) in [5, 5.41) is 14.6. The first-order valence-electron chi connectivity index (χ1n) is 8.97. The summed E-state index contributed by atoms with van der Waals surface area (Å²) in [7, 11) is 1.76. The topological polar surface area (TPSA) is 97.8 Å². The molecule has 0 aliphatic heterocycles. The molecular formula is C18H25N9. The van der Waals surface area contributed by atoms with E-state index >= 15 is 0 Å². The van der Waals surface area contributed by atoms with Crippen molar-refractivity contribution in [3.8, 4) is 5.82 Å². The molecular weight excluding hydrogens is 342 g/mol. The fourth-order valence-electron chi connectivity index (χ4n) is 2.72. The lowest BCUT2D eigenvalue weighted by atomic mass is 10.3. The largest absolute Gasteiger partial charge is 0.355 e. The molecule has 142 valence electrons. The maximum absolute atomic E-state index is 4.51. The van der Waals surface area contributed by atoms with Gasteiger partial charge in [-0.25, -0.2) is 9.97 Å². The third-order valence-electron chi connectivity index (χ3n) is 4.22. The third kappa shape index (κ3) is 4.69. The zero-order valence-corrected chi connectivity index (χ0v) is 15.9. The maximum atomic E-state index is 4.51. The van der Waals surface area contributed by atoms with Gasteiger partial charge >= 0.3 is 0 Å². The molecule has 0 aliphatic carbocycles. The van der Waals surface area contributed by atoms with Gasteiger partial charge in [0.25, 0.3) is 0 Å². The van der Waals surface area contributed by atoms with Crippen molar-refractivity contribution in [1.29, 1.82) is 0 Å². The first-order chi connectivity index (χ1) is 13.2. The Morgan fingerprint density at radius 2 is 2.11 bits per heavy atom. The highest BCUT2D eigenvalue weighted by Crippen LogP contribution is 2.08. The van der Waals surface area contributed by atoms with Gasteiger partial charge in [-0.1, -0.05) is 13.0 Å². The Morgan fingerprint density at radius 1 is 1.22 bits per heavy atom. The Balaban J connectivity index is 1.48. The average molecular weight is 367 g/mol. The monoisotopic (exact) mass is 367 g/mol. The third-order valence-corrected chi connectivity index (χ3v) is 4.22. The van der Waals surface area contributed by atoms with E-state index in [-0.39, 0.29) is 0 Å². The van der Waals surface area contributed by atoms with E-state index in [1.165, 1.54) is 0 Å². The number of pyridine rings is 1. The van der Waals surface area contributed by atoms with Crippen LogP contribution in [0.3, 0.4) is 0 Å².